The standard InChI is InChI=1S/C27H20F6N2O2/c28-26(29,30)25(27(31,32)33,17-9-2-1-3-10-17)18-11-8-16-23(36-21-14-6-4-12-19(21)34)24(18)37-22-15-7-5-13-20(22)35/h1-16H,34-35H2. The van der Waals surface area contributed by atoms with Crippen LogP contribution in [0, 0.1) is 0 Å². The molecule has 0 fully saturated rings. The van der Waals surface area contributed by atoms with Gasteiger partial charge in [0.15, 0.2) is 23.0 Å². The smallest absolute Gasteiger partial charge is 0.411 e. The van der Waals surface area contributed by atoms with Crippen molar-refractivity contribution in [2.24, 2.45) is 0 Å². The summed E-state index contributed by atoms with van der Waals surface area (Å²) in [6.45, 7) is 0. The topological polar surface area (TPSA) is 70.5 Å². The van der Waals surface area contributed by atoms with E-state index in [0.29, 0.717) is 6.07 Å². The lowest BCUT2D eigenvalue weighted by Gasteiger charge is -2.39. The fourth-order valence-electron chi connectivity index (χ4n) is 4.01. The van der Waals surface area contributed by atoms with E-state index in [1.165, 1.54) is 48.5 Å². The molecule has 0 saturated carbocycles. The van der Waals surface area contributed by atoms with E-state index in [4.69, 9.17) is 20.9 Å². The van der Waals surface area contributed by atoms with Gasteiger partial charge < -0.3 is 20.9 Å². The highest BCUT2D eigenvalue weighted by Gasteiger charge is 2.73. The Bertz CT molecular complexity index is 1370. The van der Waals surface area contributed by atoms with Crippen LogP contribution in [0.3, 0.4) is 0 Å². The van der Waals surface area contributed by atoms with Crippen LogP contribution in [-0.4, -0.2) is 12.4 Å². The van der Waals surface area contributed by atoms with Crippen LogP contribution in [0.5, 0.6) is 23.0 Å². The minimum absolute atomic E-state index is 0.00759. The molecule has 0 aliphatic carbocycles. The Morgan fingerprint density at radius 2 is 0.946 bits per heavy atom. The lowest BCUT2D eigenvalue weighted by molar-refractivity contribution is -0.288. The van der Waals surface area contributed by atoms with Crippen LogP contribution in [0.1, 0.15) is 11.1 Å². The number of anilines is 2. The molecule has 0 bridgehead atoms. The lowest BCUT2D eigenvalue weighted by atomic mass is 9.72. The van der Waals surface area contributed by atoms with Gasteiger partial charge in [0.05, 0.1) is 11.4 Å². The van der Waals surface area contributed by atoms with E-state index in [1.54, 1.807) is 12.1 Å². The third kappa shape index (κ3) is 4.62. The molecule has 10 heteroatoms. The van der Waals surface area contributed by atoms with E-state index in [0.717, 1.165) is 30.3 Å². The lowest BCUT2D eigenvalue weighted by Crippen LogP contribution is -2.54. The zero-order chi connectivity index (χ0) is 26.8. The number of hydrogen-bond acceptors (Lipinski definition) is 4. The molecule has 0 unspecified atom stereocenters. The quantitative estimate of drug-likeness (QED) is 0.202. The maximum atomic E-state index is 14.8. The minimum atomic E-state index is -5.84. The van der Waals surface area contributed by atoms with Gasteiger partial charge in [-0.2, -0.15) is 26.3 Å². The molecular formula is C27H20F6N2O2. The van der Waals surface area contributed by atoms with Crippen molar-refractivity contribution in [2.75, 3.05) is 11.5 Å². The van der Waals surface area contributed by atoms with Crippen LogP contribution in [0.25, 0.3) is 0 Å². The summed E-state index contributed by atoms with van der Waals surface area (Å²) in [6, 6.07) is 19.7. The Hall–Kier alpha value is -4.34. The molecule has 4 nitrogen and oxygen atoms in total. The van der Waals surface area contributed by atoms with Gasteiger partial charge >= 0.3 is 12.4 Å². The van der Waals surface area contributed by atoms with Crippen molar-refractivity contribution in [2.45, 2.75) is 17.8 Å². The molecule has 0 aromatic heterocycles. The largest absolute Gasteiger partial charge is 0.451 e. The average Bonchev–Trinajstić information content (AvgIpc) is 2.83. The van der Waals surface area contributed by atoms with Crippen LogP contribution in [-0.2, 0) is 5.41 Å². The molecule has 0 amide bonds. The van der Waals surface area contributed by atoms with Gasteiger partial charge in [-0.3, -0.25) is 0 Å². The van der Waals surface area contributed by atoms with Crippen molar-refractivity contribution in [1.82, 2.24) is 0 Å². The van der Waals surface area contributed by atoms with E-state index in [2.05, 4.69) is 0 Å². The Morgan fingerprint density at radius 3 is 1.46 bits per heavy atom. The Balaban J connectivity index is 2.08. The fraction of sp³-hybridized carbons (Fsp3) is 0.111. The maximum absolute atomic E-state index is 14.8. The predicted octanol–water partition coefficient (Wildman–Crippen LogP) is 7.85. The maximum Gasteiger partial charge on any atom is 0.411 e. The van der Waals surface area contributed by atoms with Crippen LogP contribution in [0.4, 0.5) is 37.7 Å². The summed E-state index contributed by atoms with van der Waals surface area (Å²) >= 11 is 0. The van der Waals surface area contributed by atoms with E-state index >= 15 is 0 Å². The Morgan fingerprint density at radius 1 is 0.486 bits per heavy atom. The van der Waals surface area contributed by atoms with Gasteiger partial charge in [-0.1, -0.05) is 66.7 Å². The van der Waals surface area contributed by atoms with Crippen molar-refractivity contribution in [1.29, 1.82) is 0 Å². The van der Waals surface area contributed by atoms with Crippen molar-refractivity contribution in [3.63, 3.8) is 0 Å². The first-order valence-corrected chi connectivity index (χ1v) is 10.8. The molecule has 4 rings (SSSR count). The van der Waals surface area contributed by atoms with E-state index in [9.17, 15) is 26.3 Å². The van der Waals surface area contributed by atoms with Gasteiger partial charge in [-0.25, -0.2) is 0 Å². The monoisotopic (exact) mass is 518 g/mol. The first-order valence-electron chi connectivity index (χ1n) is 10.8. The molecule has 37 heavy (non-hydrogen) atoms. The van der Waals surface area contributed by atoms with Gasteiger partial charge in [0.1, 0.15) is 0 Å². The first-order chi connectivity index (χ1) is 17.5. The number of hydrogen-bond donors (Lipinski definition) is 2. The number of nitrogen functional groups attached to an aromatic ring is 2. The van der Waals surface area contributed by atoms with E-state index < -0.39 is 40.4 Å². The summed E-state index contributed by atoms with van der Waals surface area (Å²) in [5.41, 5.74) is 5.17. The van der Waals surface area contributed by atoms with Gasteiger partial charge in [-0.15, -0.1) is 0 Å². The number of halogens is 6. The highest BCUT2D eigenvalue weighted by atomic mass is 19.4. The summed E-state index contributed by atoms with van der Waals surface area (Å²) in [6.07, 6.45) is -11.7. The van der Waals surface area contributed by atoms with E-state index in [1.807, 2.05) is 0 Å². The normalized spacial score (nSPS) is 12.3. The zero-order valence-corrected chi connectivity index (χ0v) is 19.0. The number of alkyl halides is 6. The third-order valence-corrected chi connectivity index (χ3v) is 5.71. The molecule has 4 N–H and O–H groups in total. The number of rotatable bonds is 6. The van der Waals surface area contributed by atoms with Gasteiger partial charge in [-0.05, 0) is 35.9 Å². The van der Waals surface area contributed by atoms with Crippen LogP contribution < -0.4 is 20.9 Å². The molecule has 0 spiro atoms. The molecular weight excluding hydrogens is 498 g/mol. The van der Waals surface area contributed by atoms with Crippen LogP contribution >= 0.6 is 0 Å². The SMILES string of the molecule is Nc1ccccc1Oc1cccc(C(c2ccccc2)(C(F)(F)F)C(F)(F)F)c1Oc1ccccc1N. The molecule has 4 aromatic rings. The first kappa shape index (κ1) is 25.7. The highest BCUT2D eigenvalue weighted by molar-refractivity contribution is 5.63. The third-order valence-electron chi connectivity index (χ3n) is 5.71. The summed E-state index contributed by atoms with van der Waals surface area (Å²) in [7, 11) is 0. The summed E-state index contributed by atoms with van der Waals surface area (Å²) in [5, 5.41) is 0. The fourth-order valence-corrected chi connectivity index (χ4v) is 4.01. The predicted molar refractivity (Wildman–Crippen MR) is 128 cm³/mol. The zero-order valence-electron chi connectivity index (χ0n) is 19.0. The van der Waals surface area contributed by atoms with Crippen molar-refractivity contribution < 1.29 is 35.8 Å². The molecule has 0 aliphatic heterocycles. The molecule has 0 atom stereocenters. The summed E-state index contributed by atoms with van der Waals surface area (Å²) < 4.78 is 100. The van der Waals surface area contributed by atoms with Crippen molar-refractivity contribution in [3.05, 3.63) is 108 Å². The number of para-hydroxylation sites is 5. The Labute approximate surface area is 208 Å². The van der Waals surface area contributed by atoms with Crippen LogP contribution in [0.2, 0.25) is 0 Å². The number of benzene rings is 4. The summed E-state index contributed by atoms with van der Waals surface area (Å²) in [5.74, 6) is -1.39. The van der Waals surface area contributed by atoms with Gasteiger partial charge in [0, 0.05) is 5.56 Å². The minimum Gasteiger partial charge on any atom is -0.451 e. The second-order valence-electron chi connectivity index (χ2n) is 8.02. The second kappa shape index (κ2) is 9.61. The summed E-state index contributed by atoms with van der Waals surface area (Å²) in [4.78, 5) is 0. The average molecular weight is 518 g/mol. The molecule has 4 aromatic carbocycles. The van der Waals surface area contributed by atoms with Crippen LogP contribution in [0.15, 0.2) is 97.1 Å². The number of nitrogens with two attached hydrogens (primary N) is 2. The van der Waals surface area contributed by atoms with Crippen molar-refractivity contribution >= 4 is 11.4 Å². The molecule has 0 radical (unpaired) electrons. The van der Waals surface area contributed by atoms with E-state index in [-0.39, 0.29) is 22.9 Å². The number of ether oxygens (including phenoxy) is 2. The van der Waals surface area contributed by atoms with Gasteiger partial charge in [0.2, 0.25) is 5.41 Å². The highest BCUT2D eigenvalue weighted by Crippen LogP contribution is 2.60. The molecule has 0 aliphatic rings. The Kier molecular flexibility index (Phi) is 6.68. The van der Waals surface area contributed by atoms with Gasteiger partial charge in [0.25, 0.3) is 0 Å². The molecule has 192 valence electrons. The molecule has 0 heterocycles. The second-order valence-corrected chi connectivity index (χ2v) is 8.02. The van der Waals surface area contributed by atoms with Crippen molar-refractivity contribution in [3.8, 4) is 23.0 Å². The molecule has 0 saturated heterocycles.